The Hall–Kier alpha value is -4.23. The number of fused-ring (bicyclic) bond motifs is 2. The zero-order chi connectivity index (χ0) is 24.9. The van der Waals surface area contributed by atoms with Crippen LogP contribution in [0.5, 0.6) is 5.75 Å². The predicted molar refractivity (Wildman–Crippen MR) is 138 cm³/mol. The third kappa shape index (κ3) is 5.21. The van der Waals surface area contributed by atoms with Gasteiger partial charge in [-0.1, -0.05) is 48.5 Å². The van der Waals surface area contributed by atoms with E-state index in [4.69, 9.17) is 14.5 Å². The molecule has 0 spiro atoms. The second kappa shape index (κ2) is 10.6. The normalized spacial score (nSPS) is 13.1. The summed E-state index contributed by atoms with van der Waals surface area (Å²) in [5.41, 5.74) is 4.84. The number of carbonyl (C=O) groups excluding carboxylic acids is 2. The fourth-order valence-corrected chi connectivity index (χ4v) is 4.53. The smallest absolute Gasteiger partial charge is 0.339 e. The van der Waals surface area contributed by atoms with Gasteiger partial charge in [-0.05, 0) is 35.9 Å². The van der Waals surface area contributed by atoms with Gasteiger partial charge in [-0.25, -0.2) is 4.79 Å². The quantitative estimate of drug-likeness (QED) is 0.389. The van der Waals surface area contributed by atoms with Crippen LogP contribution in [0.3, 0.4) is 0 Å². The highest BCUT2D eigenvalue weighted by Gasteiger charge is 2.27. The summed E-state index contributed by atoms with van der Waals surface area (Å²) in [6.45, 7) is 1.84. The number of hydrogen-bond donors (Lipinski definition) is 1. The lowest BCUT2D eigenvalue weighted by atomic mass is 9.95. The molecule has 2 heterocycles. The molecule has 0 aliphatic carbocycles. The molecule has 7 nitrogen and oxygen atoms in total. The molecule has 0 fully saturated rings. The van der Waals surface area contributed by atoms with E-state index < -0.39 is 11.9 Å². The van der Waals surface area contributed by atoms with Crippen LogP contribution >= 0.6 is 0 Å². The zero-order valence-corrected chi connectivity index (χ0v) is 20.1. The highest BCUT2D eigenvalue weighted by Crippen LogP contribution is 2.29. The largest absolute Gasteiger partial charge is 0.497 e. The topological polar surface area (TPSA) is 80.8 Å². The third-order valence-corrected chi connectivity index (χ3v) is 6.29. The highest BCUT2D eigenvalue weighted by molar-refractivity contribution is 6.06. The number of anilines is 1. The van der Waals surface area contributed by atoms with Crippen LogP contribution in [0.25, 0.3) is 10.9 Å². The van der Waals surface area contributed by atoms with Crippen LogP contribution in [0.4, 0.5) is 5.69 Å². The van der Waals surface area contributed by atoms with Crippen molar-refractivity contribution in [2.45, 2.75) is 19.5 Å². The summed E-state index contributed by atoms with van der Waals surface area (Å²) in [7, 11) is 1.58. The van der Waals surface area contributed by atoms with E-state index in [1.54, 1.807) is 31.4 Å². The molecule has 0 bridgehead atoms. The summed E-state index contributed by atoms with van der Waals surface area (Å²) in [6.07, 6.45) is 0.741. The maximum absolute atomic E-state index is 13.4. The molecule has 0 saturated heterocycles. The van der Waals surface area contributed by atoms with Gasteiger partial charge in [0.2, 0.25) is 0 Å². The zero-order valence-electron chi connectivity index (χ0n) is 20.1. The maximum atomic E-state index is 13.4. The van der Waals surface area contributed by atoms with Crippen LogP contribution in [0.15, 0.2) is 78.9 Å². The van der Waals surface area contributed by atoms with Gasteiger partial charge >= 0.3 is 5.97 Å². The maximum Gasteiger partial charge on any atom is 0.339 e. The first-order valence-corrected chi connectivity index (χ1v) is 11.9. The molecule has 7 heteroatoms. The van der Waals surface area contributed by atoms with Crippen molar-refractivity contribution in [3.63, 3.8) is 0 Å². The first-order chi connectivity index (χ1) is 17.6. The van der Waals surface area contributed by atoms with Gasteiger partial charge in [0.25, 0.3) is 5.91 Å². The SMILES string of the molecule is COc1ccc(NC(=O)COC(=O)c2c3c(nc4ccccc24)CCN(Cc2ccccc2)C3)cc1. The Morgan fingerprint density at radius 1 is 0.972 bits per heavy atom. The Morgan fingerprint density at radius 2 is 1.72 bits per heavy atom. The summed E-state index contributed by atoms with van der Waals surface area (Å²) < 4.78 is 10.6. The lowest BCUT2D eigenvalue weighted by Crippen LogP contribution is -2.32. The second-order valence-corrected chi connectivity index (χ2v) is 8.73. The minimum absolute atomic E-state index is 0.385. The van der Waals surface area contributed by atoms with Crippen LogP contribution in [0, 0.1) is 0 Å². The number of amides is 1. The van der Waals surface area contributed by atoms with Crippen molar-refractivity contribution in [2.24, 2.45) is 0 Å². The number of benzene rings is 3. The number of hydrogen-bond acceptors (Lipinski definition) is 6. The molecule has 182 valence electrons. The van der Waals surface area contributed by atoms with Gasteiger partial charge in [0.1, 0.15) is 5.75 Å². The number of nitrogens with one attached hydrogen (secondary N) is 1. The molecule has 36 heavy (non-hydrogen) atoms. The van der Waals surface area contributed by atoms with Gasteiger partial charge in [0.05, 0.1) is 18.2 Å². The number of aromatic nitrogens is 1. The van der Waals surface area contributed by atoms with E-state index in [0.717, 1.165) is 41.7 Å². The Morgan fingerprint density at radius 3 is 2.50 bits per heavy atom. The molecule has 5 rings (SSSR count). The van der Waals surface area contributed by atoms with E-state index in [2.05, 4.69) is 22.3 Å². The number of carbonyl (C=O) groups is 2. The second-order valence-electron chi connectivity index (χ2n) is 8.73. The van der Waals surface area contributed by atoms with Crippen molar-refractivity contribution in [3.8, 4) is 5.75 Å². The van der Waals surface area contributed by atoms with E-state index in [0.29, 0.717) is 23.5 Å². The highest BCUT2D eigenvalue weighted by atomic mass is 16.5. The predicted octanol–water partition coefficient (Wildman–Crippen LogP) is 4.60. The van der Waals surface area contributed by atoms with Crippen LogP contribution in [0.2, 0.25) is 0 Å². The first kappa shape index (κ1) is 23.5. The van der Waals surface area contributed by atoms with Crippen molar-refractivity contribution in [2.75, 3.05) is 25.6 Å². The van der Waals surface area contributed by atoms with Crippen molar-refractivity contribution in [1.29, 1.82) is 0 Å². The van der Waals surface area contributed by atoms with E-state index in [9.17, 15) is 9.59 Å². The van der Waals surface area contributed by atoms with E-state index >= 15 is 0 Å². The minimum Gasteiger partial charge on any atom is -0.497 e. The first-order valence-electron chi connectivity index (χ1n) is 11.9. The molecule has 1 aliphatic heterocycles. The Kier molecular flexibility index (Phi) is 6.91. The van der Waals surface area contributed by atoms with Crippen molar-refractivity contribution >= 4 is 28.5 Å². The van der Waals surface area contributed by atoms with E-state index in [-0.39, 0.29) is 6.61 Å². The fourth-order valence-electron chi connectivity index (χ4n) is 4.53. The lowest BCUT2D eigenvalue weighted by Gasteiger charge is -2.30. The van der Waals surface area contributed by atoms with E-state index in [1.165, 1.54) is 5.56 Å². The average molecular weight is 482 g/mol. The number of rotatable bonds is 7. The summed E-state index contributed by atoms with van der Waals surface area (Å²) in [5.74, 6) is -0.238. The van der Waals surface area contributed by atoms with Crippen molar-refractivity contribution in [3.05, 3.63) is 101 Å². The molecule has 1 aromatic heterocycles. The van der Waals surface area contributed by atoms with E-state index in [1.807, 2.05) is 42.5 Å². The minimum atomic E-state index is -0.517. The van der Waals surface area contributed by atoms with Gasteiger partial charge in [-0.2, -0.15) is 0 Å². The van der Waals surface area contributed by atoms with Crippen LogP contribution < -0.4 is 10.1 Å². The van der Waals surface area contributed by atoms with Crippen molar-refractivity contribution < 1.29 is 19.1 Å². The van der Waals surface area contributed by atoms with Gasteiger partial charge in [-0.15, -0.1) is 0 Å². The summed E-state index contributed by atoms with van der Waals surface area (Å²) in [5, 5.41) is 3.48. The Bertz CT molecular complexity index is 1390. The molecule has 3 aromatic carbocycles. The fraction of sp³-hybridized carbons (Fsp3) is 0.207. The molecule has 0 atom stereocenters. The van der Waals surface area contributed by atoms with Crippen molar-refractivity contribution in [1.82, 2.24) is 9.88 Å². The molecule has 0 saturated carbocycles. The molecular weight excluding hydrogens is 454 g/mol. The molecule has 0 unspecified atom stereocenters. The van der Waals surface area contributed by atoms with Crippen LogP contribution in [0.1, 0.15) is 27.2 Å². The summed E-state index contributed by atoms with van der Waals surface area (Å²) >= 11 is 0. The Balaban J connectivity index is 1.35. The molecular formula is C29H27N3O4. The van der Waals surface area contributed by atoms with Gasteiger partial charge in [0, 0.05) is 48.4 Å². The lowest BCUT2D eigenvalue weighted by molar-refractivity contribution is -0.119. The van der Waals surface area contributed by atoms with Gasteiger partial charge in [-0.3, -0.25) is 14.7 Å². The molecule has 4 aromatic rings. The summed E-state index contributed by atoms with van der Waals surface area (Å²) in [4.78, 5) is 33.0. The number of methoxy groups -OCH3 is 1. The molecule has 1 aliphatic rings. The number of pyridine rings is 1. The number of esters is 1. The number of ether oxygens (including phenoxy) is 2. The number of nitrogens with zero attached hydrogens (tertiary/aromatic N) is 2. The molecule has 1 N–H and O–H groups in total. The van der Waals surface area contributed by atoms with Crippen LogP contribution in [-0.4, -0.2) is 42.0 Å². The van der Waals surface area contributed by atoms with Crippen LogP contribution in [-0.2, 0) is 29.0 Å². The number of para-hydroxylation sites is 1. The molecule has 0 radical (unpaired) electrons. The standard InChI is InChI=1S/C29H27N3O4/c1-35-22-13-11-21(12-14-22)30-27(33)19-36-29(34)28-23-9-5-6-10-25(23)31-26-15-16-32(18-24(26)28)17-20-7-3-2-4-8-20/h2-14H,15-19H2,1H3,(H,30,33). The third-order valence-electron chi connectivity index (χ3n) is 6.29. The van der Waals surface area contributed by atoms with Gasteiger partial charge in [0.15, 0.2) is 6.61 Å². The summed E-state index contributed by atoms with van der Waals surface area (Å²) in [6, 6.07) is 24.8. The Labute approximate surface area is 209 Å². The molecule has 1 amide bonds. The van der Waals surface area contributed by atoms with Gasteiger partial charge < -0.3 is 14.8 Å². The monoisotopic (exact) mass is 481 g/mol. The average Bonchev–Trinajstić information content (AvgIpc) is 2.91.